The summed E-state index contributed by atoms with van der Waals surface area (Å²) >= 11 is 14.4. The molecule has 0 aromatic heterocycles. The van der Waals surface area contributed by atoms with Gasteiger partial charge in [0.15, 0.2) is 17.5 Å². The molecule has 2 N–H and O–H groups in total. The predicted molar refractivity (Wildman–Crippen MR) is 48.5 cm³/mol. The molecule has 0 aromatic rings. The van der Waals surface area contributed by atoms with E-state index < -0.39 is 29.4 Å². The molecule has 0 saturated carbocycles. The van der Waals surface area contributed by atoms with Crippen LogP contribution in [0, 0.1) is 0 Å². The van der Waals surface area contributed by atoms with Crippen molar-refractivity contribution in [2.75, 3.05) is 13.2 Å². The zero-order valence-corrected chi connectivity index (χ0v) is 8.92. The Kier molecular flexibility index (Phi) is 12.5. The van der Waals surface area contributed by atoms with Crippen LogP contribution < -0.4 is 0 Å². The van der Waals surface area contributed by atoms with Crippen molar-refractivity contribution in [3.05, 3.63) is 0 Å². The highest BCUT2D eigenvalue weighted by Crippen LogP contribution is 2.03. The molecule has 0 spiro atoms. The summed E-state index contributed by atoms with van der Waals surface area (Å²) < 4.78 is -0.750. The van der Waals surface area contributed by atoms with Crippen LogP contribution in [0.2, 0.25) is 0 Å². The summed E-state index contributed by atoms with van der Waals surface area (Å²) in [5.74, 6) is -2.43. The van der Waals surface area contributed by atoms with Gasteiger partial charge in [0.1, 0.15) is 0 Å². The fourth-order valence-corrected chi connectivity index (χ4v) is 0.184. The average molecular weight is 269 g/mol. The van der Waals surface area contributed by atoms with Gasteiger partial charge < -0.3 is 10.2 Å². The molecule has 0 aliphatic rings. The molecule has 0 aliphatic carbocycles. The lowest BCUT2D eigenvalue weighted by Crippen LogP contribution is -2.12. The molecule has 0 radical (unpaired) electrons. The van der Waals surface area contributed by atoms with Crippen LogP contribution in [-0.2, 0) is 19.4 Å². The van der Waals surface area contributed by atoms with E-state index in [-0.39, 0.29) is 0 Å². The third-order valence-electron chi connectivity index (χ3n) is 0.448. The summed E-state index contributed by atoms with van der Waals surface area (Å²) in [5, 5.41) is 15.9. The van der Waals surface area contributed by atoms with Gasteiger partial charge in [0.2, 0.25) is 0 Å². The number of aliphatic carboxylic acids is 2. The van der Waals surface area contributed by atoms with Crippen LogP contribution in [-0.4, -0.2) is 39.7 Å². The van der Waals surface area contributed by atoms with Crippen molar-refractivity contribution in [3.8, 4) is 0 Å². The molecule has 0 aliphatic heterocycles. The molecular formula is C5H7Cl3O6. The molecule has 0 rings (SSSR count). The SMILES string of the molecule is ClC(Cl)Cl.O=C(O)COOCC(=O)O. The van der Waals surface area contributed by atoms with Gasteiger partial charge in [-0.15, -0.1) is 0 Å². The van der Waals surface area contributed by atoms with Crippen molar-refractivity contribution < 1.29 is 29.6 Å². The molecule has 0 atom stereocenters. The van der Waals surface area contributed by atoms with Crippen LogP contribution in [0.25, 0.3) is 0 Å². The van der Waals surface area contributed by atoms with Crippen LogP contribution in [0.3, 0.4) is 0 Å². The largest absolute Gasteiger partial charge is 0.479 e. The molecule has 0 fully saturated rings. The van der Waals surface area contributed by atoms with Crippen molar-refractivity contribution >= 4 is 46.7 Å². The fourth-order valence-electron chi connectivity index (χ4n) is 0.184. The highest BCUT2D eigenvalue weighted by molar-refractivity contribution is 6.63. The van der Waals surface area contributed by atoms with E-state index in [4.69, 9.17) is 45.0 Å². The van der Waals surface area contributed by atoms with Crippen molar-refractivity contribution in [1.82, 2.24) is 0 Å². The number of carbonyl (C=O) groups is 2. The molecule has 0 bridgehead atoms. The zero-order chi connectivity index (χ0) is 11.6. The summed E-state index contributed by atoms with van der Waals surface area (Å²) in [5.41, 5.74) is 0. The van der Waals surface area contributed by atoms with Gasteiger partial charge in [-0.1, -0.05) is 34.8 Å². The summed E-state index contributed by atoms with van der Waals surface area (Å²) in [6.45, 7) is -1.32. The highest BCUT2D eigenvalue weighted by Gasteiger charge is 1.99. The Labute approximate surface area is 94.2 Å². The van der Waals surface area contributed by atoms with Gasteiger partial charge in [0.25, 0.3) is 0 Å². The van der Waals surface area contributed by atoms with Gasteiger partial charge in [-0.3, -0.25) is 0 Å². The molecule has 0 amide bonds. The first-order valence-corrected chi connectivity index (χ1v) is 4.27. The molecule has 84 valence electrons. The topological polar surface area (TPSA) is 93.1 Å². The molecular weight excluding hydrogens is 262 g/mol. The summed E-state index contributed by atoms with van der Waals surface area (Å²) in [7, 11) is 0. The minimum absolute atomic E-state index is 0.659. The predicted octanol–water partition coefficient (Wildman–Crippen LogP) is 1.09. The summed E-state index contributed by atoms with van der Waals surface area (Å²) in [4.78, 5) is 27.2. The van der Waals surface area contributed by atoms with Gasteiger partial charge in [0, 0.05) is 0 Å². The number of hydrogen-bond donors (Lipinski definition) is 2. The summed E-state index contributed by atoms with van der Waals surface area (Å²) in [6, 6.07) is 0. The van der Waals surface area contributed by atoms with E-state index in [0.29, 0.717) is 0 Å². The standard InChI is InChI=1S/C4H6O6.CHCl3/c5-3(6)1-9-10-2-4(7)8;2-1(3)4/h1-2H2,(H,5,6)(H,7,8);1H. The molecule has 0 saturated heterocycles. The Hall–Kier alpha value is -0.270. The lowest BCUT2D eigenvalue weighted by Gasteiger charge is -1.95. The normalized spacial score (nSPS) is 9.14. The van der Waals surface area contributed by atoms with Crippen LogP contribution in [0.1, 0.15) is 0 Å². The molecule has 14 heavy (non-hydrogen) atoms. The third kappa shape index (κ3) is 29.8. The monoisotopic (exact) mass is 268 g/mol. The third-order valence-corrected chi connectivity index (χ3v) is 0.448. The minimum Gasteiger partial charge on any atom is -0.479 e. The van der Waals surface area contributed by atoms with Crippen molar-refractivity contribution in [2.24, 2.45) is 0 Å². The van der Waals surface area contributed by atoms with Gasteiger partial charge in [-0.2, -0.15) is 0 Å². The Morgan fingerprint density at radius 1 is 1.00 bits per heavy atom. The Balaban J connectivity index is 0. The lowest BCUT2D eigenvalue weighted by atomic mass is 10.8. The maximum atomic E-state index is 9.69. The van der Waals surface area contributed by atoms with Crippen molar-refractivity contribution in [2.45, 2.75) is 4.30 Å². The first-order chi connectivity index (χ1) is 6.36. The number of hydrogen-bond acceptors (Lipinski definition) is 4. The Bertz CT molecular complexity index is 154. The fraction of sp³-hybridized carbons (Fsp3) is 0.600. The van der Waals surface area contributed by atoms with Crippen LogP contribution in [0.15, 0.2) is 0 Å². The van der Waals surface area contributed by atoms with E-state index >= 15 is 0 Å². The van der Waals surface area contributed by atoms with E-state index in [1.807, 2.05) is 0 Å². The molecule has 6 nitrogen and oxygen atoms in total. The first-order valence-electron chi connectivity index (χ1n) is 2.96. The second kappa shape index (κ2) is 10.8. The number of halogens is 3. The van der Waals surface area contributed by atoms with Crippen LogP contribution in [0.4, 0.5) is 0 Å². The number of carboxylic acids is 2. The quantitative estimate of drug-likeness (QED) is 0.336. The molecule has 0 unspecified atom stereocenters. The molecule has 0 aromatic carbocycles. The van der Waals surface area contributed by atoms with E-state index in [0.717, 1.165) is 0 Å². The lowest BCUT2D eigenvalue weighted by molar-refractivity contribution is -0.289. The highest BCUT2D eigenvalue weighted by atomic mass is 35.6. The number of carboxylic acid groups (broad SMARTS) is 2. The van der Waals surface area contributed by atoms with E-state index in [1.54, 1.807) is 0 Å². The minimum atomic E-state index is -1.22. The Morgan fingerprint density at radius 3 is 1.36 bits per heavy atom. The van der Waals surface area contributed by atoms with Gasteiger partial charge in [0.05, 0.1) is 0 Å². The van der Waals surface area contributed by atoms with Gasteiger partial charge >= 0.3 is 11.9 Å². The van der Waals surface area contributed by atoms with Gasteiger partial charge in [-0.25, -0.2) is 19.4 Å². The maximum Gasteiger partial charge on any atom is 0.333 e. The maximum absolute atomic E-state index is 9.69. The van der Waals surface area contributed by atoms with Crippen LogP contribution >= 0.6 is 34.8 Å². The van der Waals surface area contributed by atoms with E-state index in [1.165, 1.54) is 0 Å². The smallest absolute Gasteiger partial charge is 0.333 e. The number of alkyl halides is 3. The molecule has 9 heteroatoms. The average Bonchev–Trinajstić information content (AvgIpc) is 1.96. The first kappa shape index (κ1) is 16.2. The van der Waals surface area contributed by atoms with Gasteiger partial charge in [-0.05, 0) is 0 Å². The molecule has 0 heterocycles. The Morgan fingerprint density at radius 2 is 1.21 bits per heavy atom. The second-order valence-corrected chi connectivity index (χ2v) is 3.54. The zero-order valence-electron chi connectivity index (χ0n) is 6.65. The summed E-state index contributed by atoms with van der Waals surface area (Å²) in [6.07, 6.45) is 0. The van der Waals surface area contributed by atoms with E-state index in [2.05, 4.69) is 9.78 Å². The van der Waals surface area contributed by atoms with Crippen LogP contribution in [0.5, 0.6) is 0 Å². The van der Waals surface area contributed by atoms with Crippen molar-refractivity contribution in [1.29, 1.82) is 0 Å². The van der Waals surface area contributed by atoms with Crippen molar-refractivity contribution in [3.63, 3.8) is 0 Å². The number of rotatable bonds is 5. The second-order valence-electron chi connectivity index (χ2n) is 1.56. The van der Waals surface area contributed by atoms with E-state index in [9.17, 15) is 9.59 Å².